The number of carbonyl (C=O) groups is 4. The van der Waals surface area contributed by atoms with Crippen LogP contribution in [0.15, 0.2) is 66.7 Å². The quantitative estimate of drug-likeness (QED) is 0.308. The van der Waals surface area contributed by atoms with Gasteiger partial charge in [-0.2, -0.15) is 13.2 Å². The zero-order valence-corrected chi connectivity index (χ0v) is 27.2. The molecule has 3 aromatic carbocycles. The number of fused-ring (bicyclic) bond motifs is 11. The molecule has 4 amide bonds. The molecule has 260 valence electrons. The van der Waals surface area contributed by atoms with Crippen molar-refractivity contribution < 1.29 is 42.2 Å². The van der Waals surface area contributed by atoms with Crippen molar-refractivity contribution in [2.45, 2.75) is 51.5 Å². The van der Waals surface area contributed by atoms with Gasteiger partial charge in [0.25, 0.3) is 5.91 Å². The van der Waals surface area contributed by atoms with Crippen molar-refractivity contribution in [3.63, 3.8) is 0 Å². The Morgan fingerprint density at radius 2 is 1.55 bits per heavy atom. The predicted molar refractivity (Wildman–Crippen MR) is 174 cm³/mol. The predicted octanol–water partition coefficient (Wildman–Crippen LogP) is 3.85. The molecule has 0 saturated carbocycles. The number of halogens is 3. The number of hydrogen-bond acceptors (Lipinski definition) is 7. The Bertz CT molecular complexity index is 1710. The van der Waals surface area contributed by atoms with E-state index in [2.05, 4.69) is 16.0 Å². The number of ether oxygens (including phenoxy) is 1. The molecule has 3 atom stereocenters. The Labute approximate surface area is 281 Å². The molecule has 49 heavy (non-hydrogen) atoms. The molecule has 3 heterocycles. The summed E-state index contributed by atoms with van der Waals surface area (Å²) in [4.78, 5) is 57.1. The van der Waals surface area contributed by atoms with Gasteiger partial charge in [-0.05, 0) is 66.9 Å². The number of alkyl halides is 3. The average Bonchev–Trinajstić information content (AvgIpc) is 3.07. The van der Waals surface area contributed by atoms with Crippen LogP contribution in [0.4, 0.5) is 18.9 Å². The number of amides is 4. The lowest BCUT2D eigenvalue weighted by Gasteiger charge is -2.38. The molecule has 3 aliphatic heterocycles. The van der Waals surface area contributed by atoms with E-state index in [1.54, 1.807) is 54.0 Å². The SMILES string of the molecule is CC(C)[C@@H]1NC(=O)c2cc(ccc2O)Oc2ccc(cc2)C[C@H](C(=O)N2CCN(c3cccc(C(F)(F)F)c3)CC2)NC(=O)[C@H](C)NC1=O. The normalized spacial score (nSPS) is 20.9. The summed E-state index contributed by atoms with van der Waals surface area (Å²) < 4.78 is 45.8. The Morgan fingerprint density at radius 1 is 0.878 bits per heavy atom. The maximum Gasteiger partial charge on any atom is 0.416 e. The number of anilines is 1. The molecular weight excluding hydrogens is 643 g/mol. The van der Waals surface area contributed by atoms with Gasteiger partial charge in [0, 0.05) is 38.3 Å². The van der Waals surface area contributed by atoms with E-state index in [0.29, 0.717) is 17.0 Å². The smallest absolute Gasteiger partial charge is 0.416 e. The highest BCUT2D eigenvalue weighted by atomic mass is 19.4. The third-order valence-electron chi connectivity index (χ3n) is 8.54. The van der Waals surface area contributed by atoms with E-state index in [4.69, 9.17) is 4.74 Å². The molecular formula is C35H38F3N5O6. The minimum Gasteiger partial charge on any atom is -0.507 e. The van der Waals surface area contributed by atoms with Crippen molar-refractivity contribution in [1.29, 1.82) is 0 Å². The van der Waals surface area contributed by atoms with Gasteiger partial charge < -0.3 is 35.6 Å². The Balaban J connectivity index is 1.38. The molecule has 1 saturated heterocycles. The number of nitrogens with zero attached hydrogens (tertiary/aromatic N) is 2. The third-order valence-corrected chi connectivity index (χ3v) is 8.54. The molecule has 1 fully saturated rings. The van der Waals surface area contributed by atoms with Gasteiger partial charge in [0.05, 0.1) is 11.1 Å². The first kappa shape index (κ1) is 35.0. The summed E-state index contributed by atoms with van der Waals surface area (Å²) in [7, 11) is 0. The van der Waals surface area contributed by atoms with Crippen LogP contribution < -0.4 is 25.6 Å². The minimum absolute atomic E-state index is 0.100. The van der Waals surface area contributed by atoms with Gasteiger partial charge in [0.2, 0.25) is 17.7 Å². The summed E-state index contributed by atoms with van der Waals surface area (Å²) in [5.41, 5.74) is 0.238. The molecule has 0 radical (unpaired) electrons. The number of phenols is 1. The number of aromatic hydroxyl groups is 1. The zero-order valence-electron chi connectivity index (χ0n) is 27.2. The number of rotatable bonds is 3. The molecule has 11 nitrogen and oxygen atoms in total. The van der Waals surface area contributed by atoms with Gasteiger partial charge in [0.15, 0.2) is 0 Å². The van der Waals surface area contributed by atoms with E-state index < -0.39 is 53.5 Å². The van der Waals surface area contributed by atoms with Gasteiger partial charge in [-0.15, -0.1) is 0 Å². The second-order valence-corrected chi connectivity index (χ2v) is 12.5. The van der Waals surface area contributed by atoms with Crippen LogP contribution in [0, 0.1) is 5.92 Å². The summed E-state index contributed by atoms with van der Waals surface area (Å²) in [6, 6.07) is 12.8. The number of nitrogens with one attached hydrogen (secondary N) is 3. The third kappa shape index (κ3) is 8.42. The zero-order chi connectivity index (χ0) is 35.5. The number of carbonyl (C=O) groups excluding carboxylic acids is 4. The lowest BCUT2D eigenvalue weighted by atomic mass is 10.0. The van der Waals surface area contributed by atoms with Crippen LogP contribution in [0.3, 0.4) is 0 Å². The highest BCUT2D eigenvalue weighted by Crippen LogP contribution is 2.32. The number of benzene rings is 3. The summed E-state index contributed by atoms with van der Waals surface area (Å²) >= 11 is 0. The van der Waals surface area contributed by atoms with Crippen LogP contribution in [0.2, 0.25) is 0 Å². The molecule has 0 spiro atoms. The fraction of sp³-hybridized carbons (Fsp3) is 0.371. The van der Waals surface area contributed by atoms with E-state index in [1.807, 2.05) is 0 Å². The van der Waals surface area contributed by atoms with Gasteiger partial charge in [0.1, 0.15) is 35.4 Å². The maximum atomic E-state index is 13.9. The Hall–Kier alpha value is -5.27. The van der Waals surface area contributed by atoms with Crippen molar-refractivity contribution in [1.82, 2.24) is 20.9 Å². The number of hydrogen-bond donors (Lipinski definition) is 4. The van der Waals surface area contributed by atoms with Crippen molar-refractivity contribution in [3.05, 3.63) is 83.4 Å². The van der Waals surface area contributed by atoms with E-state index in [1.165, 1.54) is 31.2 Å². The average molecular weight is 682 g/mol. The van der Waals surface area contributed by atoms with Gasteiger partial charge in [-0.25, -0.2) is 0 Å². The molecule has 0 aliphatic carbocycles. The highest BCUT2D eigenvalue weighted by Gasteiger charge is 2.34. The van der Waals surface area contributed by atoms with Gasteiger partial charge in [-0.3, -0.25) is 19.2 Å². The van der Waals surface area contributed by atoms with Gasteiger partial charge >= 0.3 is 6.18 Å². The first-order valence-corrected chi connectivity index (χ1v) is 15.9. The molecule has 4 bridgehead atoms. The molecule has 14 heteroatoms. The van der Waals surface area contributed by atoms with Crippen LogP contribution in [0.25, 0.3) is 0 Å². The summed E-state index contributed by atoms with van der Waals surface area (Å²) in [6.45, 7) is 5.88. The van der Waals surface area contributed by atoms with Crippen LogP contribution in [-0.4, -0.2) is 77.9 Å². The first-order valence-electron chi connectivity index (χ1n) is 15.9. The van der Waals surface area contributed by atoms with Crippen molar-refractivity contribution >= 4 is 29.3 Å². The summed E-state index contributed by atoms with van der Waals surface area (Å²) in [5.74, 6) is -2.39. The molecule has 0 aromatic heterocycles. The van der Waals surface area contributed by atoms with E-state index in [0.717, 1.165) is 12.1 Å². The Morgan fingerprint density at radius 3 is 2.20 bits per heavy atom. The molecule has 6 rings (SSSR count). The fourth-order valence-corrected chi connectivity index (χ4v) is 5.73. The van der Waals surface area contributed by atoms with Crippen molar-refractivity contribution in [2.24, 2.45) is 5.92 Å². The van der Waals surface area contributed by atoms with Gasteiger partial charge in [-0.1, -0.05) is 32.0 Å². The monoisotopic (exact) mass is 681 g/mol. The van der Waals surface area contributed by atoms with E-state index in [-0.39, 0.29) is 55.6 Å². The molecule has 3 aromatic rings. The number of phenolic OH excluding ortho intramolecular Hbond substituents is 1. The second kappa shape index (κ2) is 14.5. The van der Waals surface area contributed by atoms with Crippen molar-refractivity contribution in [2.75, 3.05) is 31.1 Å². The lowest BCUT2D eigenvalue weighted by Crippen LogP contribution is -2.59. The molecule has 3 aliphatic rings. The maximum absolute atomic E-state index is 13.9. The first-order chi connectivity index (χ1) is 23.2. The van der Waals surface area contributed by atoms with Crippen LogP contribution >= 0.6 is 0 Å². The molecule has 0 unspecified atom stereocenters. The second-order valence-electron chi connectivity index (χ2n) is 12.5. The minimum atomic E-state index is -4.48. The van der Waals surface area contributed by atoms with Crippen LogP contribution in [-0.2, 0) is 27.0 Å². The largest absolute Gasteiger partial charge is 0.507 e. The standard InChI is InChI=1S/C35H38F3N5O6/c1-20(2)30-33(47)39-21(3)31(45)40-28(34(48)43-15-13-42(14-16-43)24-6-4-5-23(18-24)35(36,37)38)17-22-7-9-25(10-8-22)49-26-11-12-29(44)27(19-26)32(46)41-30/h4-12,18-21,28,30,44H,13-17H2,1-3H3,(H,39,47)(H,40,45)(H,41,46)/t21-,28+,30-/m0/s1. The van der Waals surface area contributed by atoms with Crippen molar-refractivity contribution in [3.8, 4) is 17.2 Å². The fourth-order valence-electron chi connectivity index (χ4n) is 5.73. The topological polar surface area (TPSA) is 140 Å². The summed E-state index contributed by atoms with van der Waals surface area (Å²) in [5, 5.41) is 18.4. The highest BCUT2D eigenvalue weighted by molar-refractivity contribution is 6.00. The summed E-state index contributed by atoms with van der Waals surface area (Å²) in [6.07, 6.45) is -4.37. The number of piperazine rings is 1. The molecule has 4 N–H and O–H groups in total. The van der Waals surface area contributed by atoms with E-state index >= 15 is 0 Å². The van der Waals surface area contributed by atoms with Crippen LogP contribution in [0.1, 0.15) is 42.3 Å². The Kier molecular flexibility index (Phi) is 10.3. The van der Waals surface area contributed by atoms with Crippen LogP contribution in [0.5, 0.6) is 17.2 Å². The van der Waals surface area contributed by atoms with E-state index in [9.17, 15) is 37.5 Å². The lowest BCUT2D eigenvalue weighted by molar-refractivity contribution is -0.137.